The van der Waals surface area contributed by atoms with E-state index in [-0.39, 0.29) is 32.8 Å². The van der Waals surface area contributed by atoms with Crippen molar-refractivity contribution in [3.05, 3.63) is 116 Å². The Kier molecular flexibility index (Phi) is 21.9. The Bertz CT molecular complexity index is 2460. The van der Waals surface area contributed by atoms with Crippen molar-refractivity contribution in [2.45, 2.75) is 191 Å². The highest BCUT2D eigenvalue weighted by Gasteiger charge is 2.23. The van der Waals surface area contributed by atoms with Crippen LogP contribution in [-0.4, -0.2) is 58.7 Å². The van der Waals surface area contributed by atoms with Gasteiger partial charge in [0.15, 0.2) is 9.84 Å². The van der Waals surface area contributed by atoms with Gasteiger partial charge >= 0.3 is 0 Å². The fraction of sp³-hybridized carbons (Fsp3) is 0.623. The average molecular weight is 964 g/mol. The Balaban J connectivity index is 0.000000405. The number of hydrogen-bond acceptors (Lipinski definition) is 10. The predicted molar refractivity (Wildman–Crippen MR) is 282 cm³/mol. The van der Waals surface area contributed by atoms with E-state index in [9.17, 15) is 8.42 Å². The summed E-state index contributed by atoms with van der Waals surface area (Å²) in [6.45, 7) is 46.8. The number of rotatable bonds is 3. The van der Waals surface area contributed by atoms with Gasteiger partial charge in [0, 0.05) is 90.8 Å². The van der Waals surface area contributed by atoms with Gasteiger partial charge in [0.25, 0.3) is 0 Å². The summed E-state index contributed by atoms with van der Waals surface area (Å²) < 4.78 is 33.2. The van der Waals surface area contributed by atoms with Crippen LogP contribution in [-0.2, 0) is 63.8 Å². The normalized spacial score (nSPS) is 12.0. The standard InChI is InChI=1S/C11H17NO2S.2C9H16N2.C9H15NO.C8H13NS.C7H12N2/c1-11(2,3)10-6-5-9(7-12-10)8-15(4,13)14;1-7-10-8(6-11(7)5)9(2,3)4;1-7-8(9(2,3)4)6-11(5)10-7;1-6-8(9(3,4)5)7(2)11-10-6;1-6-9-7(5-10-6)8(2,3)4;1-6(2)7-4-8-5-9(7)3/h5-7H,8H2,1-4H3;2*6H,1-5H3;1-5H3;5H,1-4H3;4-6H,1-3H3. The van der Waals surface area contributed by atoms with Crippen LogP contribution in [0.15, 0.2) is 53.2 Å². The molecule has 0 atom stereocenters. The molecule has 0 aromatic carbocycles. The lowest BCUT2D eigenvalue weighted by Crippen LogP contribution is -2.13. The zero-order valence-electron chi connectivity index (χ0n) is 46.5. The van der Waals surface area contributed by atoms with Crippen LogP contribution in [0.25, 0.3) is 0 Å². The number of sulfone groups is 1. The topological polar surface area (TPSA) is 139 Å². The van der Waals surface area contributed by atoms with Crippen molar-refractivity contribution in [2.24, 2.45) is 21.1 Å². The molecule has 12 nitrogen and oxygen atoms in total. The zero-order chi connectivity index (χ0) is 52.3. The van der Waals surface area contributed by atoms with Crippen LogP contribution in [0.5, 0.6) is 0 Å². The van der Waals surface area contributed by atoms with Gasteiger partial charge in [-0.2, -0.15) is 5.10 Å². The van der Waals surface area contributed by atoms with Gasteiger partial charge in [0.2, 0.25) is 0 Å². The molecule has 6 aromatic rings. The number of thiazole rings is 1. The van der Waals surface area contributed by atoms with Crippen LogP contribution in [0.1, 0.15) is 191 Å². The maximum Gasteiger partial charge on any atom is 0.151 e. The molecule has 376 valence electrons. The summed E-state index contributed by atoms with van der Waals surface area (Å²) in [7, 11) is 3.04. The molecule has 67 heavy (non-hydrogen) atoms. The Hall–Kier alpha value is -4.43. The van der Waals surface area contributed by atoms with E-state index < -0.39 is 9.84 Å². The van der Waals surface area contributed by atoms with Crippen molar-refractivity contribution in [2.75, 3.05) is 6.26 Å². The quantitative estimate of drug-likeness (QED) is 0.170. The molecular weight excluding hydrogens is 875 g/mol. The van der Waals surface area contributed by atoms with Gasteiger partial charge in [-0.25, -0.2) is 23.4 Å². The molecular formula is C53H89N9O3S2. The predicted octanol–water partition coefficient (Wildman–Crippen LogP) is 12.9. The molecule has 0 saturated carbocycles. The minimum Gasteiger partial charge on any atom is -0.361 e. The first-order chi connectivity index (χ1) is 30.1. The number of nitrogens with zero attached hydrogens (tertiary/aromatic N) is 9. The molecule has 0 bridgehead atoms. The molecule has 0 aliphatic rings. The molecule has 0 unspecified atom stereocenters. The summed E-state index contributed by atoms with van der Waals surface area (Å²) >= 11 is 1.72. The average Bonchev–Trinajstić information content (AvgIpc) is 3.98. The summed E-state index contributed by atoms with van der Waals surface area (Å²) in [6, 6.07) is 3.72. The van der Waals surface area contributed by atoms with Gasteiger partial charge in [-0.1, -0.05) is 129 Å². The molecule has 0 N–H and O–H groups in total. The SMILES string of the molecule is CC(C)(C)c1ccc(CS(C)(=O)=O)cn1.CC(C)c1cncn1C.Cc1nc(C(C)(C)C)cn1C.Cc1nc(C(C)(C)C)cs1.Cc1nn(C)cc1C(C)(C)C.Cc1noc(C)c1C(C)(C)C. The van der Waals surface area contributed by atoms with Crippen LogP contribution in [0.2, 0.25) is 0 Å². The molecule has 6 rings (SSSR count). The molecule has 6 heterocycles. The molecule has 0 radical (unpaired) electrons. The zero-order valence-corrected chi connectivity index (χ0v) is 48.1. The summed E-state index contributed by atoms with van der Waals surface area (Å²) in [5.74, 6) is 2.66. The minimum atomic E-state index is -2.97. The van der Waals surface area contributed by atoms with Crippen molar-refractivity contribution in [1.29, 1.82) is 0 Å². The van der Waals surface area contributed by atoms with Crippen molar-refractivity contribution in [1.82, 2.24) is 44.0 Å². The highest BCUT2D eigenvalue weighted by atomic mass is 32.2. The lowest BCUT2D eigenvalue weighted by molar-refractivity contribution is 0.389. The first-order valence-corrected chi connectivity index (χ1v) is 26.1. The second-order valence-corrected chi connectivity index (χ2v) is 26.2. The van der Waals surface area contributed by atoms with Gasteiger partial charge < -0.3 is 13.7 Å². The van der Waals surface area contributed by atoms with Gasteiger partial charge in [-0.15, -0.1) is 11.3 Å². The molecule has 6 aromatic heterocycles. The van der Waals surface area contributed by atoms with E-state index in [0.29, 0.717) is 5.92 Å². The molecule has 0 amide bonds. The number of aryl methyl sites for hydroxylation is 8. The van der Waals surface area contributed by atoms with Gasteiger partial charge in [0.1, 0.15) is 11.6 Å². The second-order valence-electron chi connectivity index (χ2n) is 23.0. The maximum atomic E-state index is 11.1. The first kappa shape index (κ1) is 60.6. The van der Waals surface area contributed by atoms with Crippen LogP contribution in [0.3, 0.4) is 0 Å². The highest BCUT2D eigenvalue weighted by molar-refractivity contribution is 7.89. The maximum absolute atomic E-state index is 11.1. The summed E-state index contributed by atoms with van der Waals surface area (Å²) in [4.78, 5) is 17.1. The number of pyridine rings is 1. The lowest BCUT2D eigenvalue weighted by Gasteiger charge is -2.17. The Morgan fingerprint density at radius 1 is 0.672 bits per heavy atom. The minimum absolute atomic E-state index is 0.00359. The molecule has 14 heteroatoms. The van der Waals surface area contributed by atoms with E-state index in [1.807, 2.05) is 82.7 Å². The van der Waals surface area contributed by atoms with Crippen molar-refractivity contribution in [3.63, 3.8) is 0 Å². The van der Waals surface area contributed by atoms with E-state index in [2.05, 4.69) is 177 Å². The summed E-state index contributed by atoms with van der Waals surface area (Å²) in [5.41, 5.74) is 10.8. The molecule has 0 aliphatic carbocycles. The van der Waals surface area contributed by atoms with E-state index >= 15 is 0 Å². The monoisotopic (exact) mass is 964 g/mol. The largest absolute Gasteiger partial charge is 0.361 e. The van der Waals surface area contributed by atoms with Crippen LogP contribution >= 0.6 is 11.3 Å². The fourth-order valence-corrected chi connectivity index (χ4v) is 8.31. The highest BCUT2D eigenvalue weighted by Crippen LogP contribution is 2.28. The fourth-order valence-electron chi connectivity index (χ4n) is 6.70. The van der Waals surface area contributed by atoms with E-state index in [1.54, 1.807) is 17.5 Å². The van der Waals surface area contributed by atoms with Crippen LogP contribution in [0, 0.1) is 34.6 Å². The third-order valence-electron chi connectivity index (χ3n) is 10.3. The van der Waals surface area contributed by atoms with E-state index in [0.717, 1.165) is 44.9 Å². The van der Waals surface area contributed by atoms with E-state index in [4.69, 9.17) is 4.52 Å². The number of hydrogen-bond donors (Lipinski definition) is 0. The lowest BCUT2D eigenvalue weighted by atomic mass is 9.86. The number of imidazole rings is 2. The Morgan fingerprint density at radius 2 is 1.22 bits per heavy atom. The molecule has 0 fully saturated rings. The second kappa shape index (κ2) is 24.2. The van der Waals surface area contributed by atoms with Gasteiger partial charge in [-0.05, 0) is 68.6 Å². The van der Waals surface area contributed by atoms with Gasteiger partial charge in [-0.3, -0.25) is 9.67 Å². The summed E-state index contributed by atoms with van der Waals surface area (Å²) in [5, 5.41) is 11.5. The smallest absolute Gasteiger partial charge is 0.151 e. The summed E-state index contributed by atoms with van der Waals surface area (Å²) in [6.07, 6.45) is 10.8. The van der Waals surface area contributed by atoms with Crippen LogP contribution < -0.4 is 0 Å². The van der Waals surface area contributed by atoms with E-state index in [1.165, 1.54) is 28.8 Å². The third kappa shape index (κ3) is 21.6. The van der Waals surface area contributed by atoms with Gasteiger partial charge in [0.05, 0.1) is 39.9 Å². The third-order valence-corrected chi connectivity index (χ3v) is 12.0. The molecule has 0 saturated heterocycles. The van der Waals surface area contributed by atoms with Crippen molar-refractivity contribution < 1.29 is 12.9 Å². The van der Waals surface area contributed by atoms with Crippen molar-refractivity contribution >= 4 is 21.2 Å². The van der Waals surface area contributed by atoms with Crippen LogP contribution in [0.4, 0.5) is 0 Å². The first-order valence-electron chi connectivity index (χ1n) is 23.1. The Morgan fingerprint density at radius 3 is 1.45 bits per heavy atom. The molecule has 0 aliphatic heterocycles. The number of aromatic nitrogens is 9. The molecule has 0 spiro atoms. The Labute approximate surface area is 410 Å². The van der Waals surface area contributed by atoms with Crippen molar-refractivity contribution in [3.8, 4) is 0 Å².